The molecule has 100 valence electrons. The highest BCUT2D eigenvalue weighted by molar-refractivity contribution is 9.10. The third-order valence-corrected chi connectivity index (χ3v) is 3.82. The molecule has 0 radical (unpaired) electrons. The van der Waals surface area contributed by atoms with Gasteiger partial charge in [-0.2, -0.15) is 0 Å². The van der Waals surface area contributed by atoms with Gasteiger partial charge in [0.1, 0.15) is 0 Å². The summed E-state index contributed by atoms with van der Waals surface area (Å²) in [5, 5.41) is 3.64. The Labute approximate surface area is 117 Å². The first-order valence-corrected chi connectivity index (χ1v) is 7.49. The van der Waals surface area contributed by atoms with Crippen LogP contribution in [0.5, 0.6) is 0 Å². The van der Waals surface area contributed by atoms with Crippen molar-refractivity contribution in [1.29, 1.82) is 0 Å². The van der Waals surface area contributed by atoms with Gasteiger partial charge in [-0.3, -0.25) is 4.98 Å². The molecular formula is C14H21BrN2O. The first-order valence-electron chi connectivity index (χ1n) is 6.70. The summed E-state index contributed by atoms with van der Waals surface area (Å²) in [6.07, 6.45) is 7.12. The van der Waals surface area contributed by atoms with Gasteiger partial charge >= 0.3 is 0 Å². The molecule has 4 heteroatoms. The highest BCUT2D eigenvalue weighted by Crippen LogP contribution is 2.21. The predicted molar refractivity (Wildman–Crippen MR) is 76.6 cm³/mol. The molecule has 2 rings (SSSR count). The number of nitrogens with zero attached hydrogens (tertiary/aromatic N) is 1. The average Bonchev–Trinajstić information content (AvgIpc) is 2.38. The number of aromatic nitrogens is 1. The highest BCUT2D eigenvalue weighted by Gasteiger charge is 2.25. The summed E-state index contributed by atoms with van der Waals surface area (Å²) in [5.74, 6) is 0.557. The maximum absolute atomic E-state index is 5.62. The minimum atomic E-state index is 0.557. The summed E-state index contributed by atoms with van der Waals surface area (Å²) >= 11 is 3.47. The van der Waals surface area contributed by atoms with E-state index < -0.39 is 0 Å². The van der Waals surface area contributed by atoms with Crippen molar-refractivity contribution in [3.8, 4) is 0 Å². The fourth-order valence-corrected chi connectivity index (χ4v) is 2.88. The lowest BCUT2D eigenvalue weighted by molar-refractivity contribution is 0.0322. The number of ether oxygens (including phenoxy) is 1. The predicted octanol–water partition coefficient (Wildman–Crippen LogP) is 2.79. The van der Waals surface area contributed by atoms with Gasteiger partial charge in [0.2, 0.25) is 0 Å². The molecule has 2 heterocycles. The molecule has 2 atom stereocenters. The van der Waals surface area contributed by atoms with Crippen molar-refractivity contribution in [1.82, 2.24) is 10.3 Å². The van der Waals surface area contributed by atoms with Crippen LogP contribution in [-0.2, 0) is 11.2 Å². The Kier molecular flexibility index (Phi) is 5.60. The normalized spacial score (nSPS) is 24.1. The van der Waals surface area contributed by atoms with Crippen LogP contribution < -0.4 is 5.32 Å². The second kappa shape index (κ2) is 7.22. The summed E-state index contributed by atoms with van der Waals surface area (Å²) in [5.41, 5.74) is 1.28. The standard InChI is InChI=1S/C14H21BrN2O/c1-2-4-17-14-3-5-18-10-12(14)6-11-7-13(15)9-16-8-11/h7-9,12,14,17H,2-6,10H2,1H3. The third-order valence-electron chi connectivity index (χ3n) is 3.39. The van der Waals surface area contributed by atoms with Gasteiger partial charge in [0.05, 0.1) is 6.61 Å². The summed E-state index contributed by atoms with van der Waals surface area (Å²) < 4.78 is 6.67. The molecule has 3 nitrogen and oxygen atoms in total. The van der Waals surface area contributed by atoms with E-state index in [1.807, 2.05) is 12.4 Å². The van der Waals surface area contributed by atoms with Gasteiger partial charge in [0, 0.05) is 35.4 Å². The number of nitrogens with one attached hydrogen (secondary N) is 1. The fourth-order valence-electron chi connectivity index (χ4n) is 2.47. The molecule has 1 N–H and O–H groups in total. The lowest BCUT2D eigenvalue weighted by Gasteiger charge is -2.32. The number of pyridine rings is 1. The molecule has 18 heavy (non-hydrogen) atoms. The first kappa shape index (κ1) is 14.0. The van der Waals surface area contributed by atoms with E-state index in [0.29, 0.717) is 12.0 Å². The summed E-state index contributed by atoms with van der Waals surface area (Å²) in [4.78, 5) is 4.23. The molecule has 1 aromatic rings. The molecule has 2 unspecified atom stereocenters. The maximum atomic E-state index is 5.62. The molecule has 1 fully saturated rings. The van der Waals surface area contributed by atoms with E-state index in [-0.39, 0.29) is 0 Å². The molecule has 1 aromatic heterocycles. The van der Waals surface area contributed by atoms with Crippen molar-refractivity contribution in [3.05, 3.63) is 28.5 Å². The summed E-state index contributed by atoms with van der Waals surface area (Å²) in [7, 11) is 0. The van der Waals surface area contributed by atoms with Crippen molar-refractivity contribution >= 4 is 15.9 Å². The fraction of sp³-hybridized carbons (Fsp3) is 0.643. The zero-order chi connectivity index (χ0) is 12.8. The van der Waals surface area contributed by atoms with E-state index in [2.05, 4.69) is 39.2 Å². The van der Waals surface area contributed by atoms with Gasteiger partial charge in [-0.05, 0) is 53.4 Å². The molecule has 1 aliphatic rings. The topological polar surface area (TPSA) is 34.1 Å². The number of hydrogen-bond donors (Lipinski definition) is 1. The van der Waals surface area contributed by atoms with Crippen molar-refractivity contribution in [2.45, 2.75) is 32.2 Å². The van der Waals surface area contributed by atoms with Crippen LogP contribution in [0, 0.1) is 5.92 Å². The minimum absolute atomic E-state index is 0.557. The average molecular weight is 313 g/mol. The van der Waals surface area contributed by atoms with Gasteiger partial charge in [-0.25, -0.2) is 0 Å². The first-order chi connectivity index (χ1) is 8.79. The van der Waals surface area contributed by atoms with E-state index in [0.717, 1.165) is 37.1 Å². The van der Waals surface area contributed by atoms with Crippen molar-refractivity contribution in [2.75, 3.05) is 19.8 Å². The highest BCUT2D eigenvalue weighted by atomic mass is 79.9. The smallest absolute Gasteiger partial charge is 0.0512 e. The van der Waals surface area contributed by atoms with Crippen LogP contribution in [0.1, 0.15) is 25.3 Å². The Balaban J connectivity index is 1.96. The zero-order valence-corrected chi connectivity index (χ0v) is 12.4. The van der Waals surface area contributed by atoms with Crippen molar-refractivity contribution in [2.24, 2.45) is 5.92 Å². The van der Waals surface area contributed by atoms with Crippen LogP contribution in [0.3, 0.4) is 0 Å². The molecule has 0 saturated carbocycles. The van der Waals surface area contributed by atoms with Gasteiger partial charge < -0.3 is 10.1 Å². The van der Waals surface area contributed by atoms with E-state index in [9.17, 15) is 0 Å². The number of halogens is 1. The van der Waals surface area contributed by atoms with Gasteiger partial charge in [0.25, 0.3) is 0 Å². The van der Waals surface area contributed by atoms with Crippen molar-refractivity contribution < 1.29 is 4.74 Å². The van der Waals surface area contributed by atoms with Crippen LogP contribution in [0.15, 0.2) is 22.9 Å². The SMILES string of the molecule is CCCNC1CCOCC1Cc1cncc(Br)c1. The third kappa shape index (κ3) is 4.04. The van der Waals surface area contributed by atoms with E-state index >= 15 is 0 Å². The van der Waals surface area contributed by atoms with Crippen LogP contribution >= 0.6 is 15.9 Å². The molecular weight excluding hydrogens is 292 g/mol. The molecule has 0 bridgehead atoms. The molecule has 1 aliphatic heterocycles. The quantitative estimate of drug-likeness (QED) is 0.908. The molecule has 0 aliphatic carbocycles. The Morgan fingerprint density at radius 2 is 2.39 bits per heavy atom. The van der Waals surface area contributed by atoms with E-state index in [4.69, 9.17) is 4.74 Å². The lowest BCUT2D eigenvalue weighted by Crippen LogP contribution is -2.44. The Morgan fingerprint density at radius 3 is 3.17 bits per heavy atom. The Morgan fingerprint density at radius 1 is 1.50 bits per heavy atom. The van der Waals surface area contributed by atoms with Crippen LogP contribution in [-0.4, -0.2) is 30.8 Å². The largest absolute Gasteiger partial charge is 0.381 e. The van der Waals surface area contributed by atoms with Crippen LogP contribution in [0.4, 0.5) is 0 Å². The minimum Gasteiger partial charge on any atom is -0.381 e. The van der Waals surface area contributed by atoms with Gasteiger partial charge in [0.15, 0.2) is 0 Å². The van der Waals surface area contributed by atoms with Gasteiger partial charge in [-0.15, -0.1) is 0 Å². The Bertz CT molecular complexity index is 373. The monoisotopic (exact) mass is 312 g/mol. The number of rotatable bonds is 5. The summed E-state index contributed by atoms with van der Waals surface area (Å²) in [6, 6.07) is 2.73. The lowest BCUT2D eigenvalue weighted by atomic mass is 9.90. The van der Waals surface area contributed by atoms with Gasteiger partial charge in [-0.1, -0.05) is 6.92 Å². The molecule has 0 aromatic carbocycles. The van der Waals surface area contributed by atoms with E-state index in [1.54, 1.807) is 0 Å². The molecule has 0 amide bonds. The second-order valence-corrected chi connectivity index (χ2v) is 5.82. The molecule has 1 saturated heterocycles. The number of hydrogen-bond acceptors (Lipinski definition) is 3. The maximum Gasteiger partial charge on any atom is 0.0512 e. The van der Waals surface area contributed by atoms with Crippen LogP contribution in [0.2, 0.25) is 0 Å². The molecule has 0 spiro atoms. The van der Waals surface area contributed by atoms with Crippen LogP contribution in [0.25, 0.3) is 0 Å². The zero-order valence-electron chi connectivity index (χ0n) is 10.9. The van der Waals surface area contributed by atoms with Crippen molar-refractivity contribution in [3.63, 3.8) is 0 Å². The second-order valence-electron chi connectivity index (χ2n) is 4.90. The Hall–Kier alpha value is -0.450. The summed E-state index contributed by atoms with van der Waals surface area (Å²) in [6.45, 7) is 5.04. The van der Waals surface area contributed by atoms with E-state index in [1.165, 1.54) is 12.0 Å².